The molecule has 150 valence electrons. The Hall–Kier alpha value is -2.85. The Kier molecular flexibility index (Phi) is 6.55. The van der Waals surface area contributed by atoms with Crippen molar-refractivity contribution >= 4 is 29.3 Å². The molecule has 1 aliphatic rings. The van der Waals surface area contributed by atoms with Crippen LogP contribution in [-0.2, 0) is 0 Å². The number of hydrogen-bond acceptors (Lipinski definition) is 5. The quantitative estimate of drug-likeness (QED) is 0.691. The third-order valence-corrected chi connectivity index (χ3v) is 5.67. The molecule has 0 saturated heterocycles. The predicted octanol–water partition coefficient (Wildman–Crippen LogP) is 4.29. The summed E-state index contributed by atoms with van der Waals surface area (Å²) in [4.78, 5) is 31.6. The molecule has 0 aliphatic heterocycles. The van der Waals surface area contributed by atoms with E-state index in [1.807, 2.05) is 20.1 Å². The number of anilines is 1. The summed E-state index contributed by atoms with van der Waals surface area (Å²) in [5.74, 6) is 0.00185. The van der Waals surface area contributed by atoms with Crippen LogP contribution in [0, 0.1) is 11.3 Å². The van der Waals surface area contributed by atoms with Crippen LogP contribution in [0.2, 0.25) is 0 Å². The molecular formula is C22H24N4O2S. The van der Waals surface area contributed by atoms with E-state index in [0.717, 1.165) is 18.5 Å². The van der Waals surface area contributed by atoms with Gasteiger partial charge in [0.05, 0.1) is 11.1 Å². The van der Waals surface area contributed by atoms with E-state index in [9.17, 15) is 14.9 Å². The summed E-state index contributed by atoms with van der Waals surface area (Å²) in [5, 5.41) is 13.0. The van der Waals surface area contributed by atoms with Gasteiger partial charge in [0.15, 0.2) is 0 Å². The van der Waals surface area contributed by atoms with Crippen LogP contribution in [0.3, 0.4) is 0 Å². The second-order valence-electron chi connectivity index (χ2n) is 6.87. The number of hydrogen-bond donors (Lipinski definition) is 1. The second-order valence-corrected chi connectivity index (χ2v) is 7.67. The first kappa shape index (κ1) is 20.9. The molecule has 1 aromatic carbocycles. The van der Waals surface area contributed by atoms with E-state index < -0.39 is 0 Å². The Bertz CT molecular complexity index is 958. The van der Waals surface area contributed by atoms with Crippen LogP contribution in [0.25, 0.3) is 0 Å². The Balaban J connectivity index is 1.82. The van der Waals surface area contributed by atoms with E-state index in [1.165, 1.54) is 11.8 Å². The molecule has 0 unspecified atom stereocenters. The van der Waals surface area contributed by atoms with Gasteiger partial charge in [0.2, 0.25) is 0 Å². The van der Waals surface area contributed by atoms with Crippen LogP contribution in [0.1, 0.15) is 64.6 Å². The maximum Gasteiger partial charge on any atom is 0.257 e. The van der Waals surface area contributed by atoms with E-state index in [1.54, 1.807) is 35.2 Å². The molecule has 0 radical (unpaired) electrons. The Morgan fingerprint density at radius 1 is 1.24 bits per heavy atom. The zero-order valence-corrected chi connectivity index (χ0v) is 17.7. The van der Waals surface area contributed by atoms with Crippen molar-refractivity contribution in [1.82, 2.24) is 9.88 Å². The highest BCUT2D eigenvalue weighted by Crippen LogP contribution is 2.40. The van der Waals surface area contributed by atoms with Crippen LogP contribution < -0.4 is 5.32 Å². The number of pyridine rings is 1. The maximum atomic E-state index is 12.9. The average molecular weight is 409 g/mol. The zero-order chi connectivity index (χ0) is 21.0. The lowest BCUT2D eigenvalue weighted by Gasteiger charge is -2.18. The van der Waals surface area contributed by atoms with Crippen molar-refractivity contribution in [2.75, 3.05) is 24.7 Å². The molecule has 7 heteroatoms. The van der Waals surface area contributed by atoms with Crippen LogP contribution in [0.5, 0.6) is 0 Å². The number of aromatic nitrogens is 1. The zero-order valence-electron chi connectivity index (χ0n) is 16.9. The van der Waals surface area contributed by atoms with Crippen molar-refractivity contribution in [3.63, 3.8) is 0 Å². The third kappa shape index (κ3) is 4.60. The van der Waals surface area contributed by atoms with Gasteiger partial charge < -0.3 is 10.2 Å². The van der Waals surface area contributed by atoms with Crippen LogP contribution in [-0.4, -0.2) is 41.0 Å². The highest BCUT2D eigenvalue weighted by molar-refractivity contribution is 7.98. The number of amides is 2. The van der Waals surface area contributed by atoms with Gasteiger partial charge in [0.1, 0.15) is 11.1 Å². The molecule has 0 bridgehead atoms. The monoisotopic (exact) mass is 408 g/mol. The van der Waals surface area contributed by atoms with E-state index in [-0.39, 0.29) is 11.8 Å². The highest BCUT2D eigenvalue weighted by atomic mass is 32.2. The number of thioether (sulfide) groups is 1. The lowest BCUT2D eigenvalue weighted by atomic mass is 10.1. The first-order chi connectivity index (χ1) is 14.0. The Morgan fingerprint density at radius 3 is 2.41 bits per heavy atom. The molecule has 1 aromatic heterocycles. The summed E-state index contributed by atoms with van der Waals surface area (Å²) in [6.45, 7) is 5.17. The Labute approximate surface area is 175 Å². The van der Waals surface area contributed by atoms with Crippen molar-refractivity contribution in [2.45, 2.75) is 37.6 Å². The number of nitrogens with zero attached hydrogens (tertiary/aromatic N) is 3. The fourth-order valence-electron chi connectivity index (χ4n) is 3.15. The van der Waals surface area contributed by atoms with Crippen molar-refractivity contribution in [2.24, 2.45) is 0 Å². The first-order valence-electron chi connectivity index (χ1n) is 9.72. The van der Waals surface area contributed by atoms with Gasteiger partial charge in [-0.1, -0.05) is 0 Å². The number of nitrogens with one attached hydrogen (secondary N) is 1. The number of nitriles is 1. The molecule has 1 aliphatic carbocycles. The average Bonchev–Trinajstić information content (AvgIpc) is 3.59. The molecule has 6 nitrogen and oxygen atoms in total. The summed E-state index contributed by atoms with van der Waals surface area (Å²) in [6, 6.07) is 10.7. The lowest BCUT2D eigenvalue weighted by Crippen LogP contribution is -2.30. The van der Waals surface area contributed by atoms with E-state index in [4.69, 9.17) is 0 Å². The molecule has 29 heavy (non-hydrogen) atoms. The fourth-order valence-corrected chi connectivity index (χ4v) is 3.71. The number of rotatable bonds is 7. The number of carbonyl (C=O) groups is 2. The minimum atomic E-state index is -0.344. The molecule has 1 heterocycles. The lowest BCUT2D eigenvalue weighted by molar-refractivity contribution is 0.0773. The molecule has 1 saturated carbocycles. The highest BCUT2D eigenvalue weighted by Gasteiger charge is 2.28. The van der Waals surface area contributed by atoms with Gasteiger partial charge in [-0.15, -0.1) is 11.8 Å². The van der Waals surface area contributed by atoms with Crippen molar-refractivity contribution in [3.8, 4) is 6.07 Å². The van der Waals surface area contributed by atoms with E-state index in [0.29, 0.717) is 46.4 Å². The van der Waals surface area contributed by atoms with E-state index in [2.05, 4.69) is 16.4 Å². The summed E-state index contributed by atoms with van der Waals surface area (Å²) in [5.41, 5.74) is 2.67. The predicted molar refractivity (Wildman–Crippen MR) is 114 cm³/mol. The summed E-state index contributed by atoms with van der Waals surface area (Å²) in [6.07, 6.45) is 3.98. The van der Waals surface area contributed by atoms with Gasteiger partial charge in [-0.25, -0.2) is 4.98 Å². The van der Waals surface area contributed by atoms with Gasteiger partial charge in [-0.05, 0) is 63.3 Å². The molecule has 2 amide bonds. The molecule has 2 aromatic rings. The van der Waals surface area contributed by atoms with Gasteiger partial charge in [-0.3, -0.25) is 9.59 Å². The molecule has 1 fully saturated rings. The van der Waals surface area contributed by atoms with Gasteiger partial charge >= 0.3 is 0 Å². The molecule has 0 atom stereocenters. The first-order valence-corrected chi connectivity index (χ1v) is 10.9. The van der Waals surface area contributed by atoms with Crippen molar-refractivity contribution in [1.29, 1.82) is 5.26 Å². The largest absolute Gasteiger partial charge is 0.339 e. The van der Waals surface area contributed by atoms with Crippen molar-refractivity contribution < 1.29 is 9.59 Å². The fraction of sp³-hybridized carbons (Fsp3) is 0.364. The Morgan fingerprint density at radius 2 is 1.90 bits per heavy atom. The van der Waals surface area contributed by atoms with Gasteiger partial charge in [0, 0.05) is 36.0 Å². The summed E-state index contributed by atoms with van der Waals surface area (Å²) >= 11 is 1.37. The molecule has 1 N–H and O–H groups in total. The summed E-state index contributed by atoms with van der Waals surface area (Å²) < 4.78 is 0. The minimum Gasteiger partial charge on any atom is -0.339 e. The van der Waals surface area contributed by atoms with Crippen molar-refractivity contribution in [3.05, 3.63) is 52.7 Å². The normalized spacial score (nSPS) is 12.9. The van der Waals surface area contributed by atoms with Gasteiger partial charge in [-0.2, -0.15) is 5.26 Å². The summed E-state index contributed by atoms with van der Waals surface area (Å²) in [7, 11) is 0. The minimum absolute atomic E-state index is 0.0348. The topological polar surface area (TPSA) is 86.1 Å². The number of carbonyl (C=O) groups excluding carboxylic acids is 2. The smallest absolute Gasteiger partial charge is 0.257 e. The van der Waals surface area contributed by atoms with Crippen LogP contribution in [0.15, 0.2) is 35.4 Å². The van der Waals surface area contributed by atoms with E-state index >= 15 is 0 Å². The number of benzene rings is 1. The van der Waals surface area contributed by atoms with Gasteiger partial charge in [0.25, 0.3) is 11.8 Å². The second kappa shape index (κ2) is 9.10. The maximum absolute atomic E-state index is 12.9. The standard InChI is InChI=1S/C22H24N4O2S/c1-4-26(5-2)22(28)15-8-10-16(11-9-15)24-20(27)17-12-19(14-6-7-14)25-21(29-3)18(17)13-23/h8-12,14H,4-7H2,1-3H3,(H,24,27). The molecular weight excluding hydrogens is 384 g/mol. The van der Waals surface area contributed by atoms with Crippen LogP contribution >= 0.6 is 11.8 Å². The van der Waals surface area contributed by atoms with Crippen LogP contribution in [0.4, 0.5) is 5.69 Å². The molecule has 0 spiro atoms. The SMILES string of the molecule is CCN(CC)C(=O)c1ccc(NC(=O)c2cc(C3CC3)nc(SC)c2C#N)cc1. The third-order valence-electron chi connectivity index (χ3n) is 4.99. The molecule has 3 rings (SSSR count).